The summed E-state index contributed by atoms with van der Waals surface area (Å²) in [6.07, 6.45) is 1.35. The summed E-state index contributed by atoms with van der Waals surface area (Å²) in [6.45, 7) is -1.83. The lowest BCUT2D eigenvalue weighted by atomic mass is 10.3. The largest absolute Gasteiger partial charge is 0.750 e. The van der Waals surface area contributed by atoms with Crippen LogP contribution in [0.2, 0.25) is 0 Å². The van der Waals surface area contributed by atoms with Crippen LogP contribution < -0.4 is 5.69 Å². The van der Waals surface area contributed by atoms with Crippen molar-refractivity contribution in [1.29, 1.82) is 0 Å². The first-order chi connectivity index (χ1) is 8.39. The van der Waals surface area contributed by atoms with Gasteiger partial charge in [0, 0.05) is 13.0 Å². The van der Waals surface area contributed by atoms with Crippen LogP contribution in [0, 0.1) is 0 Å². The molecule has 0 spiro atoms. The highest BCUT2D eigenvalue weighted by molar-refractivity contribution is 7.74. The minimum atomic E-state index is -3.47. The Kier molecular flexibility index (Phi) is 3.59. The monoisotopic (exact) mass is 282 g/mol. The Labute approximate surface area is 103 Å². The van der Waals surface area contributed by atoms with Gasteiger partial charge in [0.15, 0.2) is 0 Å². The van der Waals surface area contributed by atoms with Gasteiger partial charge in [-0.15, -0.1) is 0 Å². The number of hydrogen-bond donors (Lipinski definition) is 0. The second kappa shape index (κ2) is 4.86. The summed E-state index contributed by atoms with van der Waals surface area (Å²) in [5.74, 6) is -3.00. The van der Waals surface area contributed by atoms with Crippen molar-refractivity contribution in [3.63, 3.8) is 0 Å². The van der Waals surface area contributed by atoms with Gasteiger partial charge < -0.3 is 4.55 Å². The van der Waals surface area contributed by atoms with Crippen molar-refractivity contribution in [2.45, 2.75) is 31.9 Å². The van der Waals surface area contributed by atoms with Crippen LogP contribution >= 0.6 is 0 Å². The molecule has 0 fully saturated rings. The molecule has 7 nitrogen and oxygen atoms in total. The molecule has 1 unspecified atom stereocenters. The molecule has 0 radical (unpaired) electrons. The van der Waals surface area contributed by atoms with Crippen LogP contribution in [0.1, 0.15) is 12.2 Å². The van der Waals surface area contributed by atoms with Gasteiger partial charge in [0.2, 0.25) is 0 Å². The second-order valence-electron chi connectivity index (χ2n) is 3.93. The first-order valence-electron chi connectivity index (χ1n) is 5.16. The molecule has 0 aliphatic carbocycles. The third-order valence-electron chi connectivity index (χ3n) is 2.53. The van der Waals surface area contributed by atoms with Crippen molar-refractivity contribution in [3.8, 4) is 0 Å². The smallest absolute Gasteiger partial charge is 0.346 e. The van der Waals surface area contributed by atoms with Crippen LogP contribution in [0.25, 0.3) is 0 Å². The number of nitrogens with zero attached hydrogens (tertiary/aromatic N) is 3. The Hall–Kier alpha value is -1.13. The lowest BCUT2D eigenvalue weighted by molar-refractivity contribution is -0.0569. The first kappa shape index (κ1) is 13.3. The summed E-state index contributed by atoms with van der Waals surface area (Å²) in [4.78, 5) is 11.6. The van der Waals surface area contributed by atoms with Gasteiger partial charge in [-0.05, 0) is 6.42 Å². The molecule has 102 valence electrons. The van der Waals surface area contributed by atoms with E-state index in [0.717, 1.165) is 6.42 Å². The van der Waals surface area contributed by atoms with E-state index in [-0.39, 0.29) is 0 Å². The van der Waals surface area contributed by atoms with Crippen molar-refractivity contribution in [2.24, 2.45) is 0 Å². The van der Waals surface area contributed by atoms with E-state index in [1.165, 1.54) is 4.57 Å². The van der Waals surface area contributed by atoms with Crippen molar-refractivity contribution in [3.05, 3.63) is 16.3 Å². The predicted molar refractivity (Wildman–Crippen MR) is 54.6 cm³/mol. The molecule has 0 saturated heterocycles. The van der Waals surface area contributed by atoms with E-state index in [9.17, 15) is 22.3 Å². The molecule has 0 aromatic carbocycles. The maximum absolute atomic E-state index is 13.3. The summed E-state index contributed by atoms with van der Waals surface area (Å²) in [6, 6.07) is 0. The molecule has 0 bridgehead atoms. The minimum Gasteiger partial charge on any atom is -0.750 e. The standard InChI is InChI=1S/C8H11F2N3O4S/c9-8(10,5-17-18(15)16)4-13-7(14)12-3-1-2-6(12)11-13/h1-5H2,(H,15,16)/p-1. The Balaban J connectivity index is 2.09. The molecule has 0 N–H and O–H groups in total. The highest BCUT2D eigenvalue weighted by atomic mass is 32.2. The van der Waals surface area contributed by atoms with Gasteiger partial charge in [0.25, 0.3) is 5.92 Å². The molecule has 1 aliphatic heterocycles. The summed E-state index contributed by atoms with van der Waals surface area (Å²) in [5, 5.41) is 3.78. The Morgan fingerprint density at radius 1 is 1.56 bits per heavy atom. The van der Waals surface area contributed by atoms with Crippen LogP contribution in [0.4, 0.5) is 8.78 Å². The maximum Gasteiger partial charge on any atom is 0.346 e. The zero-order valence-electron chi connectivity index (χ0n) is 9.17. The average molecular weight is 282 g/mol. The highest BCUT2D eigenvalue weighted by Crippen LogP contribution is 2.17. The van der Waals surface area contributed by atoms with Crippen LogP contribution in [-0.2, 0) is 35.1 Å². The summed E-state index contributed by atoms with van der Waals surface area (Å²) >= 11 is -3.01. The van der Waals surface area contributed by atoms with Crippen molar-refractivity contribution in [1.82, 2.24) is 14.3 Å². The zero-order valence-corrected chi connectivity index (χ0v) is 9.99. The Bertz CT molecular complexity index is 527. The van der Waals surface area contributed by atoms with Gasteiger partial charge in [-0.2, -0.15) is 5.10 Å². The molecule has 1 aromatic heterocycles. The molecule has 2 rings (SSSR count). The molecule has 0 saturated carbocycles. The summed E-state index contributed by atoms with van der Waals surface area (Å²) < 4.78 is 52.5. The van der Waals surface area contributed by atoms with E-state index in [2.05, 4.69) is 9.28 Å². The van der Waals surface area contributed by atoms with E-state index in [4.69, 9.17) is 0 Å². The van der Waals surface area contributed by atoms with Gasteiger partial charge >= 0.3 is 5.69 Å². The minimum absolute atomic E-state index is 0.473. The topological polar surface area (TPSA) is 89.2 Å². The van der Waals surface area contributed by atoms with E-state index in [1.54, 1.807) is 0 Å². The summed E-state index contributed by atoms with van der Waals surface area (Å²) in [5.41, 5.74) is -0.606. The van der Waals surface area contributed by atoms with Crippen LogP contribution in [0.5, 0.6) is 0 Å². The number of alkyl halides is 2. The van der Waals surface area contributed by atoms with Gasteiger partial charge in [-0.1, -0.05) is 0 Å². The molecule has 1 aliphatic rings. The van der Waals surface area contributed by atoms with Crippen molar-refractivity contribution < 1.29 is 21.7 Å². The van der Waals surface area contributed by atoms with Crippen molar-refractivity contribution in [2.75, 3.05) is 6.61 Å². The highest BCUT2D eigenvalue weighted by Gasteiger charge is 2.33. The fourth-order valence-corrected chi connectivity index (χ4v) is 2.06. The molecular weight excluding hydrogens is 272 g/mol. The lowest BCUT2D eigenvalue weighted by Crippen LogP contribution is -2.36. The van der Waals surface area contributed by atoms with Gasteiger partial charge in [-0.25, -0.2) is 22.5 Å². The fraction of sp³-hybridized carbons (Fsp3) is 0.750. The van der Waals surface area contributed by atoms with Crippen LogP contribution in [0.3, 0.4) is 0 Å². The quantitative estimate of drug-likeness (QED) is 0.675. The molecule has 0 amide bonds. The molecular formula is C8H10F2N3O4S-. The third kappa shape index (κ3) is 2.82. The zero-order chi connectivity index (χ0) is 13.3. The number of aryl methyl sites for hydroxylation is 1. The Morgan fingerprint density at radius 3 is 2.89 bits per heavy atom. The Morgan fingerprint density at radius 2 is 2.28 bits per heavy atom. The molecule has 2 heterocycles. The average Bonchev–Trinajstić information content (AvgIpc) is 2.81. The second-order valence-corrected chi connectivity index (χ2v) is 4.58. The van der Waals surface area contributed by atoms with Gasteiger partial charge in [-0.3, -0.25) is 8.75 Å². The number of hydrogen-bond acceptors (Lipinski definition) is 5. The molecule has 1 atom stereocenters. The van der Waals surface area contributed by atoms with E-state index in [1.807, 2.05) is 0 Å². The molecule has 10 heteroatoms. The lowest BCUT2D eigenvalue weighted by Gasteiger charge is -2.16. The summed E-state index contributed by atoms with van der Waals surface area (Å²) in [7, 11) is 0. The third-order valence-corrected chi connectivity index (χ3v) is 2.84. The van der Waals surface area contributed by atoms with Gasteiger partial charge in [0.05, 0.1) is 11.4 Å². The number of halogens is 2. The molecule has 18 heavy (non-hydrogen) atoms. The van der Waals surface area contributed by atoms with E-state index >= 15 is 0 Å². The van der Waals surface area contributed by atoms with Gasteiger partial charge in [0.1, 0.15) is 19.0 Å². The predicted octanol–water partition coefficient (Wildman–Crippen LogP) is -0.563. The SMILES string of the molecule is O=c1n(CC(F)(F)COS(=O)[O-])nc2n1CCC2. The first-order valence-corrected chi connectivity index (χ1v) is 6.16. The number of rotatable bonds is 5. The number of fused-ring (bicyclic) bond motifs is 1. The number of aromatic nitrogens is 3. The van der Waals surface area contributed by atoms with Crippen LogP contribution in [0.15, 0.2) is 4.79 Å². The maximum atomic E-state index is 13.3. The fourth-order valence-electron chi connectivity index (χ4n) is 1.79. The van der Waals surface area contributed by atoms with Crippen LogP contribution in [-0.4, -0.2) is 35.6 Å². The molecule has 1 aromatic rings. The van der Waals surface area contributed by atoms with Crippen molar-refractivity contribution >= 4 is 11.4 Å². The van der Waals surface area contributed by atoms with E-state index in [0.29, 0.717) is 23.5 Å². The normalized spacial score (nSPS) is 16.8. The van der Waals surface area contributed by atoms with E-state index < -0.39 is 36.1 Å².